The highest BCUT2D eigenvalue weighted by Crippen LogP contribution is 2.23. The predicted molar refractivity (Wildman–Crippen MR) is 116 cm³/mol. The zero-order chi connectivity index (χ0) is 20.9. The molecule has 1 aliphatic heterocycles. The molecule has 30 heavy (non-hydrogen) atoms. The van der Waals surface area contributed by atoms with E-state index in [2.05, 4.69) is 5.32 Å². The molecule has 4 rings (SSSR count). The first-order valence-corrected chi connectivity index (χ1v) is 10.4. The molecule has 0 radical (unpaired) electrons. The van der Waals surface area contributed by atoms with Gasteiger partial charge in [-0.15, -0.1) is 0 Å². The van der Waals surface area contributed by atoms with Gasteiger partial charge in [0.2, 0.25) is 5.91 Å². The predicted octanol–water partition coefficient (Wildman–Crippen LogP) is 4.19. The summed E-state index contributed by atoms with van der Waals surface area (Å²) in [4.78, 5) is 27.4. The summed E-state index contributed by atoms with van der Waals surface area (Å²) in [6.45, 7) is 1.54. The van der Waals surface area contributed by atoms with Crippen molar-refractivity contribution in [2.75, 3.05) is 19.6 Å². The molecule has 0 unspecified atom stereocenters. The van der Waals surface area contributed by atoms with Crippen molar-refractivity contribution in [2.45, 2.75) is 19.3 Å². The number of piperidine rings is 1. The third kappa shape index (κ3) is 4.35. The van der Waals surface area contributed by atoms with E-state index in [-0.39, 0.29) is 23.5 Å². The molecule has 0 aliphatic carbocycles. The van der Waals surface area contributed by atoms with Gasteiger partial charge in [0, 0.05) is 31.1 Å². The standard InChI is InChI=1S/C25H25FN2O2/c26-23-11-4-2-7-19(23)12-15-27-24(29)20-13-16-28(17-14-20)25(30)22-10-5-8-18-6-1-3-9-21(18)22/h1-11,20H,12-17H2,(H,27,29). The highest BCUT2D eigenvalue weighted by atomic mass is 19.1. The zero-order valence-electron chi connectivity index (χ0n) is 16.8. The lowest BCUT2D eigenvalue weighted by Crippen LogP contribution is -2.43. The third-order valence-electron chi connectivity index (χ3n) is 5.82. The lowest BCUT2D eigenvalue weighted by atomic mass is 9.94. The topological polar surface area (TPSA) is 49.4 Å². The Morgan fingerprint density at radius 3 is 2.43 bits per heavy atom. The minimum atomic E-state index is -0.244. The van der Waals surface area contributed by atoms with E-state index in [0.717, 1.165) is 10.8 Å². The van der Waals surface area contributed by atoms with E-state index in [1.165, 1.54) is 6.07 Å². The molecule has 0 atom stereocenters. The first-order chi connectivity index (χ1) is 14.6. The van der Waals surface area contributed by atoms with Crippen LogP contribution in [0.4, 0.5) is 4.39 Å². The average molecular weight is 404 g/mol. The van der Waals surface area contributed by atoms with E-state index >= 15 is 0 Å². The van der Waals surface area contributed by atoms with Crippen LogP contribution in [0.1, 0.15) is 28.8 Å². The maximum atomic E-state index is 13.7. The summed E-state index contributed by atoms with van der Waals surface area (Å²) in [7, 11) is 0. The molecule has 2 amide bonds. The van der Waals surface area contributed by atoms with Gasteiger partial charge in [0.1, 0.15) is 5.82 Å². The smallest absolute Gasteiger partial charge is 0.254 e. The van der Waals surface area contributed by atoms with Gasteiger partial charge < -0.3 is 10.2 Å². The van der Waals surface area contributed by atoms with Crippen LogP contribution in [0.25, 0.3) is 10.8 Å². The van der Waals surface area contributed by atoms with Gasteiger partial charge in [-0.3, -0.25) is 9.59 Å². The zero-order valence-corrected chi connectivity index (χ0v) is 16.8. The van der Waals surface area contributed by atoms with Crippen molar-refractivity contribution in [3.63, 3.8) is 0 Å². The van der Waals surface area contributed by atoms with Crippen molar-refractivity contribution in [3.05, 3.63) is 83.7 Å². The largest absolute Gasteiger partial charge is 0.356 e. The molecule has 154 valence electrons. The maximum absolute atomic E-state index is 13.7. The summed E-state index contributed by atoms with van der Waals surface area (Å²) in [5.74, 6) is -0.344. The molecular formula is C25H25FN2O2. The Hall–Kier alpha value is -3.21. The molecule has 4 nitrogen and oxygen atoms in total. The van der Waals surface area contributed by atoms with Gasteiger partial charge in [-0.25, -0.2) is 4.39 Å². The fourth-order valence-corrected chi connectivity index (χ4v) is 4.09. The minimum Gasteiger partial charge on any atom is -0.356 e. The van der Waals surface area contributed by atoms with Crippen LogP contribution >= 0.6 is 0 Å². The summed E-state index contributed by atoms with van der Waals surface area (Å²) in [6, 6.07) is 20.3. The fourth-order valence-electron chi connectivity index (χ4n) is 4.09. The van der Waals surface area contributed by atoms with Gasteiger partial charge in [0.25, 0.3) is 5.91 Å². The van der Waals surface area contributed by atoms with Gasteiger partial charge >= 0.3 is 0 Å². The number of carbonyl (C=O) groups excluding carboxylic acids is 2. The lowest BCUT2D eigenvalue weighted by Gasteiger charge is -2.31. The number of benzene rings is 3. The first-order valence-electron chi connectivity index (χ1n) is 10.4. The molecule has 3 aromatic carbocycles. The summed E-state index contributed by atoms with van der Waals surface area (Å²) in [6.07, 6.45) is 1.75. The quantitative estimate of drug-likeness (QED) is 0.693. The van der Waals surface area contributed by atoms with E-state index in [0.29, 0.717) is 50.0 Å². The molecule has 5 heteroatoms. The van der Waals surface area contributed by atoms with Crippen LogP contribution in [-0.4, -0.2) is 36.3 Å². The second kappa shape index (κ2) is 9.08. The Balaban J connectivity index is 1.30. The van der Waals surface area contributed by atoms with E-state index < -0.39 is 0 Å². The van der Waals surface area contributed by atoms with Crippen LogP contribution in [-0.2, 0) is 11.2 Å². The number of fused-ring (bicyclic) bond motifs is 1. The monoisotopic (exact) mass is 404 g/mol. The Labute approximate surface area is 175 Å². The van der Waals surface area contributed by atoms with E-state index in [1.807, 2.05) is 47.4 Å². The van der Waals surface area contributed by atoms with Gasteiger partial charge in [-0.05, 0) is 47.7 Å². The molecule has 1 saturated heterocycles. The molecule has 0 aromatic heterocycles. The van der Waals surface area contributed by atoms with Crippen molar-refractivity contribution < 1.29 is 14.0 Å². The second-order valence-corrected chi connectivity index (χ2v) is 7.73. The van der Waals surface area contributed by atoms with Crippen molar-refractivity contribution in [2.24, 2.45) is 5.92 Å². The SMILES string of the molecule is O=C(NCCc1ccccc1F)C1CCN(C(=O)c2cccc3ccccc23)CC1. The van der Waals surface area contributed by atoms with Crippen LogP contribution in [0.5, 0.6) is 0 Å². The highest BCUT2D eigenvalue weighted by Gasteiger charge is 2.28. The molecule has 0 spiro atoms. The number of halogens is 1. The number of rotatable bonds is 5. The Morgan fingerprint density at radius 2 is 1.63 bits per heavy atom. The van der Waals surface area contributed by atoms with Crippen molar-refractivity contribution in [3.8, 4) is 0 Å². The van der Waals surface area contributed by atoms with Gasteiger partial charge in [-0.2, -0.15) is 0 Å². The molecule has 1 N–H and O–H groups in total. The number of hydrogen-bond donors (Lipinski definition) is 1. The van der Waals surface area contributed by atoms with Crippen LogP contribution in [0.15, 0.2) is 66.7 Å². The number of likely N-dealkylation sites (tertiary alicyclic amines) is 1. The van der Waals surface area contributed by atoms with Gasteiger partial charge in [-0.1, -0.05) is 54.6 Å². The fraction of sp³-hybridized carbons (Fsp3) is 0.280. The minimum absolute atomic E-state index is 0.0106. The number of nitrogens with zero attached hydrogens (tertiary/aromatic N) is 1. The van der Waals surface area contributed by atoms with E-state index in [1.54, 1.807) is 18.2 Å². The van der Waals surface area contributed by atoms with Gasteiger partial charge in [0.15, 0.2) is 0 Å². The Morgan fingerprint density at radius 1 is 0.933 bits per heavy atom. The maximum Gasteiger partial charge on any atom is 0.254 e. The second-order valence-electron chi connectivity index (χ2n) is 7.73. The first kappa shape index (κ1) is 20.1. The van der Waals surface area contributed by atoms with Crippen molar-refractivity contribution in [1.29, 1.82) is 0 Å². The third-order valence-corrected chi connectivity index (χ3v) is 5.82. The summed E-state index contributed by atoms with van der Waals surface area (Å²) >= 11 is 0. The molecular weight excluding hydrogens is 379 g/mol. The number of amides is 2. The highest BCUT2D eigenvalue weighted by molar-refractivity contribution is 6.07. The summed E-state index contributed by atoms with van der Waals surface area (Å²) in [5, 5.41) is 4.92. The number of hydrogen-bond acceptors (Lipinski definition) is 2. The molecule has 0 bridgehead atoms. The molecule has 1 heterocycles. The normalized spacial score (nSPS) is 14.6. The van der Waals surface area contributed by atoms with Gasteiger partial charge in [0.05, 0.1) is 0 Å². The molecule has 1 fully saturated rings. The molecule has 0 saturated carbocycles. The number of carbonyl (C=O) groups is 2. The van der Waals surface area contributed by atoms with Crippen molar-refractivity contribution >= 4 is 22.6 Å². The van der Waals surface area contributed by atoms with Crippen molar-refractivity contribution in [1.82, 2.24) is 10.2 Å². The Bertz CT molecular complexity index is 1050. The summed E-state index contributed by atoms with van der Waals surface area (Å²) < 4.78 is 13.7. The van der Waals surface area contributed by atoms with E-state index in [9.17, 15) is 14.0 Å². The lowest BCUT2D eigenvalue weighted by molar-refractivity contribution is -0.126. The van der Waals surface area contributed by atoms with Crippen LogP contribution in [0, 0.1) is 11.7 Å². The molecule has 1 aliphatic rings. The molecule has 3 aromatic rings. The summed E-state index contributed by atoms with van der Waals surface area (Å²) in [5.41, 5.74) is 1.31. The van der Waals surface area contributed by atoms with E-state index in [4.69, 9.17) is 0 Å². The average Bonchev–Trinajstić information content (AvgIpc) is 2.79. The van der Waals surface area contributed by atoms with Crippen LogP contribution < -0.4 is 5.32 Å². The van der Waals surface area contributed by atoms with Crippen LogP contribution in [0.3, 0.4) is 0 Å². The Kier molecular flexibility index (Phi) is 6.07. The van der Waals surface area contributed by atoms with Crippen LogP contribution in [0.2, 0.25) is 0 Å². The number of nitrogens with one attached hydrogen (secondary N) is 1.